The molecule has 31 heavy (non-hydrogen) atoms. The Morgan fingerprint density at radius 1 is 1.13 bits per heavy atom. The molecule has 0 spiro atoms. The van der Waals surface area contributed by atoms with Crippen LogP contribution in [0.25, 0.3) is 11.1 Å². The lowest BCUT2D eigenvalue weighted by Gasteiger charge is -2.44. The van der Waals surface area contributed by atoms with Gasteiger partial charge in [0.2, 0.25) is 11.8 Å². The minimum absolute atomic E-state index is 0.0447. The maximum atomic E-state index is 13.5. The molecule has 2 amide bonds. The number of hydrogen-bond donors (Lipinski definition) is 1. The second-order valence-electron chi connectivity index (χ2n) is 10.1. The van der Waals surface area contributed by atoms with Gasteiger partial charge in [-0.25, -0.2) is 0 Å². The maximum absolute atomic E-state index is 13.5. The molecule has 0 saturated carbocycles. The van der Waals surface area contributed by atoms with Crippen molar-refractivity contribution < 1.29 is 9.59 Å². The van der Waals surface area contributed by atoms with Crippen molar-refractivity contribution in [2.45, 2.75) is 59.9 Å². The van der Waals surface area contributed by atoms with Crippen LogP contribution in [0, 0.1) is 10.8 Å². The molecule has 0 bridgehead atoms. The van der Waals surface area contributed by atoms with Crippen LogP contribution < -0.4 is 5.32 Å². The normalized spacial score (nSPS) is 19.4. The van der Waals surface area contributed by atoms with Gasteiger partial charge in [-0.2, -0.15) is 0 Å². The van der Waals surface area contributed by atoms with Gasteiger partial charge in [0.1, 0.15) is 0 Å². The molecule has 2 heterocycles. The number of nitrogens with one attached hydrogen (secondary N) is 1. The molecule has 1 aromatic carbocycles. The Labute approximate surface area is 186 Å². The molecular formula is C26H35N3O2. The van der Waals surface area contributed by atoms with E-state index in [1.165, 1.54) is 0 Å². The average molecular weight is 422 g/mol. The van der Waals surface area contributed by atoms with Gasteiger partial charge in [-0.3, -0.25) is 14.6 Å². The first-order valence-corrected chi connectivity index (χ1v) is 11.2. The van der Waals surface area contributed by atoms with Gasteiger partial charge in [-0.15, -0.1) is 0 Å². The van der Waals surface area contributed by atoms with E-state index >= 15 is 0 Å². The molecule has 1 N–H and O–H groups in total. The Balaban J connectivity index is 1.93. The van der Waals surface area contributed by atoms with Crippen molar-refractivity contribution in [1.82, 2.24) is 15.2 Å². The van der Waals surface area contributed by atoms with Crippen LogP contribution in [0.1, 0.15) is 53.0 Å². The fourth-order valence-electron chi connectivity index (χ4n) is 4.40. The second kappa shape index (κ2) is 9.21. The molecule has 1 aromatic heterocycles. The van der Waals surface area contributed by atoms with Crippen LogP contribution >= 0.6 is 0 Å². The Morgan fingerprint density at radius 2 is 1.84 bits per heavy atom. The van der Waals surface area contributed by atoms with Crippen LogP contribution in [0.15, 0.2) is 48.8 Å². The minimum atomic E-state index is -0.625. The zero-order valence-electron chi connectivity index (χ0n) is 19.4. The summed E-state index contributed by atoms with van der Waals surface area (Å²) < 4.78 is 0. The maximum Gasteiger partial charge on any atom is 0.228 e. The first kappa shape index (κ1) is 23.0. The largest absolute Gasteiger partial charge is 0.353 e. The molecule has 5 heteroatoms. The van der Waals surface area contributed by atoms with Crippen molar-refractivity contribution in [3.8, 4) is 11.1 Å². The van der Waals surface area contributed by atoms with Crippen molar-refractivity contribution >= 4 is 11.8 Å². The smallest absolute Gasteiger partial charge is 0.228 e. The highest BCUT2D eigenvalue weighted by atomic mass is 16.2. The highest BCUT2D eigenvalue weighted by Crippen LogP contribution is 2.36. The molecule has 2 aromatic rings. The van der Waals surface area contributed by atoms with E-state index in [9.17, 15) is 9.59 Å². The van der Waals surface area contributed by atoms with E-state index in [0.29, 0.717) is 19.5 Å². The van der Waals surface area contributed by atoms with Crippen molar-refractivity contribution in [2.75, 3.05) is 13.1 Å². The molecule has 1 atom stereocenters. The molecule has 1 fully saturated rings. The van der Waals surface area contributed by atoms with Crippen LogP contribution in [0.2, 0.25) is 0 Å². The van der Waals surface area contributed by atoms with Gasteiger partial charge in [0.05, 0.1) is 5.41 Å². The number of pyridine rings is 1. The molecule has 3 rings (SSSR count). The summed E-state index contributed by atoms with van der Waals surface area (Å²) in [5.41, 5.74) is 2.24. The summed E-state index contributed by atoms with van der Waals surface area (Å²) in [5, 5.41) is 3.13. The van der Waals surface area contributed by atoms with E-state index in [-0.39, 0.29) is 17.9 Å². The number of piperidine rings is 1. The molecule has 0 aliphatic carbocycles. The van der Waals surface area contributed by atoms with Crippen LogP contribution in [0.5, 0.6) is 0 Å². The number of aromatic nitrogens is 1. The summed E-state index contributed by atoms with van der Waals surface area (Å²) >= 11 is 0. The number of benzene rings is 1. The van der Waals surface area contributed by atoms with Gasteiger partial charge in [0.15, 0.2) is 0 Å². The third-order valence-electron chi connectivity index (χ3n) is 5.89. The van der Waals surface area contributed by atoms with E-state index in [0.717, 1.165) is 29.5 Å². The molecule has 1 saturated heterocycles. The molecule has 1 unspecified atom stereocenters. The average Bonchev–Trinajstić information content (AvgIpc) is 2.73. The van der Waals surface area contributed by atoms with Gasteiger partial charge in [-0.1, -0.05) is 45.0 Å². The van der Waals surface area contributed by atoms with Crippen LogP contribution in [-0.2, 0) is 16.0 Å². The number of likely N-dealkylation sites (tertiary alicyclic amines) is 1. The Hall–Kier alpha value is -2.69. The lowest BCUT2D eigenvalue weighted by Crippen LogP contribution is -2.56. The van der Waals surface area contributed by atoms with E-state index in [1.807, 2.05) is 57.7 Å². The Bertz CT molecular complexity index is 918. The predicted molar refractivity (Wildman–Crippen MR) is 124 cm³/mol. The van der Waals surface area contributed by atoms with E-state index in [4.69, 9.17) is 0 Å². The summed E-state index contributed by atoms with van der Waals surface area (Å²) in [7, 11) is 0. The van der Waals surface area contributed by atoms with Crippen LogP contribution in [0.3, 0.4) is 0 Å². The zero-order valence-corrected chi connectivity index (χ0v) is 19.4. The summed E-state index contributed by atoms with van der Waals surface area (Å²) in [6, 6.07) is 12.4. The monoisotopic (exact) mass is 421 g/mol. The van der Waals surface area contributed by atoms with Gasteiger partial charge >= 0.3 is 0 Å². The molecular weight excluding hydrogens is 386 g/mol. The Morgan fingerprint density at radius 3 is 2.48 bits per heavy atom. The highest BCUT2D eigenvalue weighted by molar-refractivity contribution is 5.86. The molecule has 0 radical (unpaired) electrons. The summed E-state index contributed by atoms with van der Waals surface area (Å²) in [6.45, 7) is 11.0. The predicted octanol–water partition coefficient (Wildman–Crippen LogP) is 4.47. The summed E-state index contributed by atoms with van der Waals surface area (Å²) in [5.74, 6) is 0.155. The summed E-state index contributed by atoms with van der Waals surface area (Å²) in [4.78, 5) is 32.5. The number of carbonyl (C=O) groups is 2. The van der Waals surface area contributed by atoms with E-state index in [1.54, 1.807) is 12.4 Å². The fourth-order valence-corrected chi connectivity index (χ4v) is 4.40. The highest BCUT2D eigenvalue weighted by Gasteiger charge is 2.45. The van der Waals surface area contributed by atoms with Gasteiger partial charge in [0, 0.05) is 36.9 Å². The first-order valence-electron chi connectivity index (χ1n) is 11.2. The number of carbonyl (C=O) groups excluding carboxylic acids is 2. The van der Waals surface area contributed by atoms with Gasteiger partial charge in [0.25, 0.3) is 0 Å². The topological polar surface area (TPSA) is 62.3 Å². The minimum Gasteiger partial charge on any atom is -0.353 e. The zero-order chi connectivity index (χ0) is 22.6. The standard InChI is InChI=1S/C26H35N3O2/c1-19(2)28-23(30)26(12-7-15-29(18-26)24(31)25(3,4)5)17-20-8-6-9-22(16-20)21-10-13-27-14-11-21/h6,8-11,13-14,16,19H,7,12,15,17-18H2,1-5H3,(H,28,30). The lowest BCUT2D eigenvalue weighted by molar-refractivity contribution is -0.147. The van der Waals surface area contributed by atoms with Crippen molar-refractivity contribution in [3.63, 3.8) is 0 Å². The Kier molecular flexibility index (Phi) is 6.83. The number of hydrogen-bond acceptors (Lipinski definition) is 3. The number of nitrogens with zero attached hydrogens (tertiary/aromatic N) is 2. The van der Waals surface area contributed by atoms with Crippen LogP contribution in [0.4, 0.5) is 0 Å². The van der Waals surface area contributed by atoms with Crippen LogP contribution in [-0.4, -0.2) is 40.8 Å². The van der Waals surface area contributed by atoms with Crippen molar-refractivity contribution in [2.24, 2.45) is 10.8 Å². The molecule has 1 aliphatic rings. The van der Waals surface area contributed by atoms with E-state index in [2.05, 4.69) is 28.5 Å². The number of amides is 2. The quantitative estimate of drug-likeness (QED) is 0.775. The molecule has 5 nitrogen and oxygen atoms in total. The summed E-state index contributed by atoms with van der Waals surface area (Å²) in [6.07, 6.45) is 5.79. The van der Waals surface area contributed by atoms with Crippen molar-refractivity contribution in [1.29, 1.82) is 0 Å². The molecule has 166 valence electrons. The third kappa shape index (κ3) is 5.52. The van der Waals surface area contributed by atoms with Gasteiger partial charge in [-0.05, 0) is 61.9 Å². The lowest BCUT2D eigenvalue weighted by atomic mass is 9.73. The first-order chi connectivity index (χ1) is 14.6. The van der Waals surface area contributed by atoms with Crippen molar-refractivity contribution in [3.05, 3.63) is 54.4 Å². The van der Waals surface area contributed by atoms with Gasteiger partial charge < -0.3 is 10.2 Å². The third-order valence-corrected chi connectivity index (χ3v) is 5.89. The fraction of sp³-hybridized carbons (Fsp3) is 0.500. The second-order valence-corrected chi connectivity index (χ2v) is 10.1. The van der Waals surface area contributed by atoms with E-state index < -0.39 is 10.8 Å². The SMILES string of the molecule is CC(C)NC(=O)C1(Cc2cccc(-c3ccncc3)c2)CCCN(C(=O)C(C)(C)C)C1. The molecule has 1 aliphatic heterocycles. The number of rotatable bonds is 5.